The van der Waals surface area contributed by atoms with Crippen LogP contribution in [0, 0.1) is 0 Å². The molecule has 2 heterocycles. The van der Waals surface area contributed by atoms with E-state index in [0.29, 0.717) is 6.54 Å². The van der Waals surface area contributed by atoms with Crippen LogP contribution in [0.2, 0.25) is 0 Å². The number of hydrogen-bond acceptors (Lipinski definition) is 4. The summed E-state index contributed by atoms with van der Waals surface area (Å²) in [4.78, 5) is 19.1. The third-order valence-electron chi connectivity index (χ3n) is 4.53. The molecule has 3 rings (SSSR count). The molecule has 2 N–H and O–H groups in total. The summed E-state index contributed by atoms with van der Waals surface area (Å²) in [5, 5.41) is 11.1. The van der Waals surface area contributed by atoms with Gasteiger partial charge >= 0.3 is 6.03 Å². The number of fused-ring (bicyclic) bond motifs is 1. The number of rotatable bonds is 7. The molecule has 1 unspecified atom stereocenters. The van der Waals surface area contributed by atoms with Crippen LogP contribution in [-0.2, 0) is 0 Å². The monoisotopic (exact) mass is 368 g/mol. The Balaban J connectivity index is 1.68. The van der Waals surface area contributed by atoms with Crippen LogP contribution in [0.5, 0.6) is 0 Å². The highest BCUT2D eigenvalue weighted by Gasteiger charge is 2.19. The Hall–Kier alpha value is -2.44. The van der Waals surface area contributed by atoms with Gasteiger partial charge in [0.1, 0.15) is 0 Å². The number of benzene rings is 1. The Morgan fingerprint density at radius 3 is 2.77 bits per heavy atom. The molecule has 0 saturated carbocycles. The molecule has 0 aliphatic rings. The van der Waals surface area contributed by atoms with Gasteiger partial charge in [0.25, 0.3) is 0 Å². The van der Waals surface area contributed by atoms with Crippen LogP contribution in [-0.4, -0.2) is 35.5 Å². The minimum Gasteiger partial charge on any atom is -0.336 e. The first kappa shape index (κ1) is 18.4. The van der Waals surface area contributed by atoms with Gasteiger partial charge in [-0.3, -0.25) is 9.88 Å². The molecule has 0 aliphatic heterocycles. The van der Waals surface area contributed by atoms with Crippen molar-refractivity contribution in [1.29, 1.82) is 0 Å². The molecule has 0 aliphatic carbocycles. The number of pyridine rings is 1. The van der Waals surface area contributed by atoms with Gasteiger partial charge in [-0.2, -0.15) is 11.3 Å². The average molecular weight is 369 g/mol. The lowest BCUT2D eigenvalue weighted by atomic mass is 10.1. The summed E-state index contributed by atoms with van der Waals surface area (Å²) >= 11 is 1.68. The molecular weight excluding hydrogens is 344 g/mol. The lowest BCUT2D eigenvalue weighted by Gasteiger charge is -2.29. The van der Waals surface area contributed by atoms with Crippen molar-refractivity contribution in [3.8, 4) is 0 Å². The quantitative estimate of drug-likeness (QED) is 0.645. The zero-order valence-electron chi connectivity index (χ0n) is 15.1. The van der Waals surface area contributed by atoms with Crippen molar-refractivity contribution < 1.29 is 4.79 Å². The van der Waals surface area contributed by atoms with Crippen molar-refractivity contribution in [1.82, 2.24) is 15.2 Å². The SMILES string of the molecule is CCN(CC)C(CNC(=O)Nc1cccc2ncccc12)c1ccsc1. The fourth-order valence-electron chi connectivity index (χ4n) is 3.15. The Labute approximate surface area is 158 Å². The summed E-state index contributed by atoms with van der Waals surface area (Å²) in [6, 6.07) is 11.7. The predicted molar refractivity (Wildman–Crippen MR) is 109 cm³/mol. The fraction of sp³-hybridized carbons (Fsp3) is 0.300. The minimum atomic E-state index is -0.200. The van der Waals surface area contributed by atoms with E-state index in [4.69, 9.17) is 0 Å². The van der Waals surface area contributed by atoms with E-state index in [1.54, 1.807) is 17.5 Å². The average Bonchev–Trinajstić information content (AvgIpc) is 3.20. The predicted octanol–water partition coefficient (Wildman–Crippen LogP) is 4.50. The van der Waals surface area contributed by atoms with Crippen molar-refractivity contribution in [2.45, 2.75) is 19.9 Å². The second kappa shape index (κ2) is 8.78. The number of urea groups is 1. The molecule has 2 aromatic heterocycles. The lowest BCUT2D eigenvalue weighted by Crippen LogP contribution is -2.39. The minimum absolute atomic E-state index is 0.177. The van der Waals surface area contributed by atoms with Crippen LogP contribution in [0.15, 0.2) is 53.4 Å². The maximum Gasteiger partial charge on any atom is 0.319 e. The van der Waals surface area contributed by atoms with E-state index in [2.05, 4.69) is 51.2 Å². The van der Waals surface area contributed by atoms with Gasteiger partial charge in [0.15, 0.2) is 0 Å². The number of nitrogens with one attached hydrogen (secondary N) is 2. The lowest BCUT2D eigenvalue weighted by molar-refractivity contribution is 0.210. The topological polar surface area (TPSA) is 57.3 Å². The molecule has 5 nitrogen and oxygen atoms in total. The van der Waals surface area contributed by atoms with Gasteiger partial charge in [0.05, 0.1) is 17.2 Å². The molecule has 1 aromatic carbocycles. The summed E-state index contributed by atoms with van der Waals surface area (Å²) in [7, 11) is 0. The van der Waals surface area contributed by atoms with Crippen molar-refractivity contribution in [2.24, 2.45) is 0 Å². The Morgan fingerprint density at radius 1 is 1.19 bits per heavy atom. The molecule has 136 valence electrons. The van der Waals surface area contributed by atoms with E-state index in [1.165, 1.54) is 5.56 Å². The summed E-state index contributed by atoms with van der Waals surface area (Å²) < 4.78 is 0. The van der Waals surface area contributed by atoms with E-state index in [0.717, 1.165) is 29.7 Å². The van der Waals surface area contributed by atoms with Crippen molar-refractivity contribution in [3.63, 3.8) is 0 Å². The summed E-state index contributed by atoms with van der Waals surface area (Å²) in [6.07, 6.45) is 1.75. The van der Waals surface area contributed by atoms with Crippen molar-refractivity contribution in [3.05, 3.63) is 58.9 Å². The zero-order valence-corrected chi connectivity index (χ0v) is 15.9. The summed E-state index contributed by atoms with van der Waals surface area (Å²) in [6.45, 7) is 6.73. The van der Waals surface area contributed by atoms with Gasteiger partial charge in [0.2, 0.25) is 0 Å². The van der Waals surface area contributed by atoms with Gasteiger partial charge in [-0.05, 0) is 59.7 Å². The summed E-state index contributed by atoms with van der Waals surface area (Å²) in [5.41, 5.74) is 2.88. The van der Waals surface area contributed by atoms with Crippen LogP contribution < -0.4 is 10.6 Å². The van der Waals surface area contributed by atoms with Crippen LogP contribution in [0.4, 0.5) is 10.5 Å². The number of hydrogen-bond donors (Lipinski definition) is 2. The molecule has 2 amide bonds. The molecule has 3 aromatic rings. The van der Waals surface area contributed by atoms with Gasteiger partial charge in [-0.15, -0.1) is 0 Å². The van der Waals surface area contributed by atoms with Gasteiger partial charge in [0, 0.05) is 18.1 Å². The fourth-order valence-corrected chi connectivity index (χ4v) is 3.86. The molecule has 0 spiro atoms. The van der Waals surface area contributed by atoms with Crippen LogP contribution in [0.25, 0.3) is 10.9 Å². The molecule has 0 saturated heterocycles. The maximum atomic E-state index is 12.5. The number of carbonyl (C=O) groups excluding carboxylic acids is 1. The van der Waals surface area contributed by atoms with Crippen LogP contribution in [0.3, 0.4) is 0 Å². The molecule has 0 bridgehead atoms. The van der Waals surface area contributed by atoms with E-state index in [1.807, 2.05) is 30.3 Å². The maximum absolute atomic E-state index is 12.5. The highest BCUT2D eigenvalue weighted by molar-refractivity contribution is 7.07. The Morgan fingerprint density at radius 2 is 2.04 bits per heavy atom. The number of amides is 2. The highest BCUT2D eigenvalue weighted by Crippen LogP contribution is 2.23. The van der Waals surface area contributed by atoms with E-state index >= 15 is 0 Å². The van der Waals surface area contributed by atoms with E-state index in [-0.39, 0.29) is 12.1 Å². The number of aromatic nitrogens is 1. The van der Waals surface area contributed by atoms with Crippen LogP contribution in [0.1, 0.15) is 25.5 Å². The van der Waals surface area contributed by atoms with Gasteiger partial charge in [-0.1, -0.05) is 19.9 Å². The molecule has 0 radical (unpaired) electrons. The van der Waals surface area contributed by atoms with Crippen LogP contribution >= 0.6 is 11.3 Å². The number of anilines is 1. The number of likely N-dealkylation sites (N-methyl/N-ethyl adjacent to an activating group) is 1. The largest absolute Gasteiger partial charge is 0.336 e. The second-order valence-electron chi connectivity index (χ2n) is 6.00. The smallest absolute Gasteiger partial charge is 0.319 e. The van der Waals surface area contributed by atoms with Crippen molar-refractivity contribution in [2.75, 3.05) is 25.0 Å². The third-order valence-corrected chi connectivity index (χ3v) is 5.23. The number of carbonyl (C=O) groups is 1. The number of nitrogens with zero attached hydrogens (tertiary/aromatic N) is 2. The van der Waals surface area contributed by atoms with Crippen molar-refractivity contribution >= 4 is 34.0 Å². The molecule has 0 fully saturated rings. The van der Waals surface area contributed by atoms with Gasteiger partial charge in [-0.25, -0.2) is 4.79 Å². The first-order chi connectivity index (χ1) is 12.7. The Kier molecular flexibility index (Phi) is 6.20. The summed E-state index contributed by atoms with van der Waals surface area (Å²) in [5.74, 6) is 0. The standard InChI is InChI=1S/C20H24N4OS/c1-3-24(4-2)19(15-10-12-26-14-15)13-22-20(25)23-18-9-5-8-17-16(18)7-6-11-21-17/h5-12,14,19H,3-4,13H2,1-2H3,(H2,22,23,25). The first-order valence-corrected chi connectivity index (χ1v) is 9.82. The molecular formula is C20H24N4OS. The zero-order chi connectivity index (χ0) is 18.4. The van der Waals surface area contributed by atoms with E-state index in [9.17, 15) is 4.79 Å². The highest BCUT2D eigenvalue weighted by atomic mass is 32.1. The molecule has 26 heavy (non-hydrogen) atoms. The molecule has 1 atom stereocenters. The molecule has 6 heteroatoms. The Bertz CT molecular complexity index is 841. The first-order valence-electron chi connectivity index (χ1n) is 8.87. The van der Waals surface area contributed by atoms with E-state index < -0.39 is 0 Å². The van der Waals surface area contributed by atoms with Gasteiger partial charge < -0.3 is 10.6 Å². The second-order valence-corrected chi connectivity index (χ2v) is 6.78. The number of thiophene rings is 1. The normalized spacial score (nSPS) is 12.3. The third kappa shape index (κ3) is 4.20.